The van der Waals surface area contributed by atoms with E-state index in [1.54, 1.807) is 18.2 Å². The quantitative estimate of drug-likeness (QED) is 0.718. The summed E-state index contributed by atoms with van der Waals surface area (Å²) in [6, 6.07) is 7.86. The normalized spacial score (nSPS) is 10.5. The summed E-state index contributed by atoms with van der Waals surface area (Å²) >= 11 is 23.8. The van der Waals surface area contributed by atoms with Crippen LogP contribution in [0.3, 0.4) is 0 Å². The Labute approximate surface area is 129 Å². The number of aromatic carboxylic acids is 1. The average molecular weight is 336 g/mol. The first-order chi connectivity index (χ1) is 8.91. The Balaban J connectivity index is 2.58. The van der Waals surface area contributed by atoms with Crippen LogP contribution in [0.25, 0.3) is 11.1 Å². The summed E-state index contributed by atoms with van der Waals surface area (Å²) in [7, 11) is 0. The molecule has 0 atom stereocenters. The molecule has 0 aliphatic heterocycles. The minimum absolute atomic E-state index is 0.0293. The van der Waals surface area contributed by atoms with Gasteiger partial charge in [0.15, 0.2) is 0 Å². The second-order valence-corrected chi connectivity index (χ2v) is 5.29. The van der Waals surface area contributed by atoms with Gasteiger partial charge in [0.25, 0.3) is 0 Å². The molecule has 0 amide bonds. The summed E-state index contributed by atoms with van der Waals surface area (Å²) in [6.07, 6.45) is 0. The molecule has 98 valence electrons. The minimum Gasteiger partial charge on any atom is -0.478 e. The molecule has 0 aromatic heterocycles. The molecular formula is C13H6Cl4O2. The molecule has 0 saturated carbocycles. The van der Waals surface area contributed by atoms with Crippen LogP contribution in [0, 0.1) is 0 Å². The molecule has 0 aliphatic carbocycles. The summed E-state index contributed by atoms with van der Waals surface area (Å²) in [4.78, 5) is 10.9. The molecule has 2 aromatic rings. The molecule has 2 aromatic carbocycles. The monoisotopic (exact) mass is 334 g/mol. The molecule has 19 heavy (non-hydrogen) atoms. The Morgan fingerprint density at radius 1 is 0.895 bits per heavy atom. The van der Waals surface area contributed by atoms with E-state index in [-0.39, 0.29) is 15.6 Å². The van der Waals surface area contributed by atoms with Gasteiger partial charge in [-0.3, -0.25) is 0 Å². The van der Waals surface area contributed by atoms with Crippen LogP contribution in [-0.4, -0.2) is 11.1 Å². The van der Waals surface area contributed by atoms with E-state index in [2.05, 4.69) is 0 Å². The largest absolute Gasteiger partial charge is 0.478 e. The lowest BCUT2D eigenvalue weighted by molar-refractivity contribution is 0.0697. The van der Waals surface area contributed by atoms with Crippen LogP contribution < -0.4 is 0 Å². The number of carboxylic acid groups (broad SMARTS) is 1. The molecular weight excluding hydrogens is 330 g/mol. The topological polar surface area (TPSA) is 37.3 Å². The van der Waals surface area contributed by atoms with E-state index in [9.17, 15) is 4.79 Å². The Kier molecular flexibility index (Phi) is 4.26. The Bertz CT molecular complexity index is 668. The second-order valence-electron chi connectivity index (χ2n) is 3.72. The smallest absolute Gasteiger partial charge is 0.337 e. The first-order valence-corrected chi connectivity index (χ1v) is 6.59. The fourth-order valence-corrected chi connectivity index (χ4v) is 2.51. The van der Waals surface area contributed by atoms with Gasteiger partial charge in [-0.25, -0.2) is 4.79 Å². The highest BCUT2D eigenvalue weighted by molar-refractivity contribution is 6.49. The molecule has 0 aliphatic rings. The van der Waals surface area contributed by atoms with Gasteiger partial charge in [0.1, 0.15) is 0 Å². The molecule has 0 fully saturated rings. The number of halogens is 4. The van der Waals surface area contributed by atoms with E-state index in [0.29, 0.717) is 21.2 Å². The van der Waals surface area contributed by atoms with E-state index in [0.717, 1.165) is 0 Å². The third-order valence-corrected chi connectivity index (χ3v) is 4.15. The van der Waals surface area contributed by atoms with Gasteiger partial charge in [0, 0.05) is 5.56 Å². The number of rotatable bonds is 2. The maximum Gasteiger partial charge on any atom is 0.337 e. The zero-order chi connectivity index (χ0) is 14.2. The number of hydrogen-bond acceptors (Lipinski definition) is 1. The van der Waals surface area contributed by atoms with Gasteiger partial charge in [-0.05, 0) is 23.8 Å². The standard InChI is InChI=1S/C13H6Cl4O2/c14-9-4-3-7(11(16)12(9)17)6-1-2-8(13(18)19)10(15)5-6/h1-5H,(H,18,19). The van der Waals surface area contributed by atoms with E-state index in [4.69, 9.17) is 51.5 Å². The van der Waals surface area contributed by atoms with Gasteiger partial charge in [-0.2, -0.15) is 0 Å². The number of benzene rings is 2. The maximum absolute atomic E-state index is 10.9. The van der Waals surface area contributed by atoms with Crippen molar-refractivity contribution in [3.05, 3.63) is 56.0 Å². The lowest BCUT2D eigenvalue weighted by Gasteiger charge is -2.09. The van der Waals surface area contributed by atoms with E-state index in [1.165, 1.54) is 12.1 Å². The number of carbonyl (C=O) groups is 1. The summed E-state index contributed by atoms with van der Waals surface area (Å²) in [5, 5.41) is 9.94. The van der Waals surface area contributed by atoms with Crippen molar-refractivity contribution in [2.75, 3.05) is 0 Å². The third-order valence-electron chi connectivity index (χ3n) is 2.55. The van der Waals surface area contributed by atoms with Crippen molar-refractivity contribution in [2.24, 2.45) is 0 Å². The summed E-state index contributed by atoms with van der Waals surface area (Å²) in [6.45, 7) is 0. The van der Waals surface area contributed by atoms with Crippen molar-refractivity contribution in [3.8, 4) is 11.1 Å². The van der Waals surface area contributed by atoms with Crippen LogP contribution >= 0.6 is 46.4 Å². The molecule has 6 heteroatoms. The fraction of sp³-hybridized carbons (Fsp3) is 0. The molecule has 2 rings (SSSR count). The van der Waals surface area contributed by atoms with Gasteiger partial charge in [-0.15, -0.1) is 0 Å². The van der Waals surface area contributed by atoms with Gasteiger partial charge in [0.2, 0.25) is 0 Å². The Morgan fingerprint density at radius 3 is 2.16 bits per heavy atom. The first-order valence-electron chi connectivity index (χ1n) is 5.08. The van der Waals surface area contributed by atoms with Gasteiger partial charge in [0.05, 0.1) is 25.7 Å². The van der Waals surface area contributed by atoms with Crippen molar-refractivity contribution < 1.29 is 9.90 Å². The first kappa shape index (κ1) is 14.5. The van der Waals surface area contributed by atoms with E-state index >= 15 is 0 Å². The molecule has 0 spiro atoms. The van der Waals surface area contributed by atoms with Crippen molar-refractivity contribution in [3.63, 3.8) is 0 Å². The minimum atomic E-state index is -1.09. The van der Waals surface area contributed by atoms with Gasteiger partial charge < -0.3 is 5.11 Å². The molecule has 0 bridgehead atoms. The van der Waals surface area contributed by atoms with E-state index in [1.807, 2.05) is 0 Å². The Morgan fingerprint density at radius 2 is 1.58 bits per heavy atom. The number of hydrogen-bond donors (Lipinski definition) is 1. The lowest BCUT2D eigenvalue weighted by Crippen LogP contribution is -1.97. The van der Waals surface area contributed by atoms with Crippen LogP contribution in [0.15, 0.2) is 30.3 Å². The highest BCUT2D eigenvalue weighted by Crippen LogP contribution is 2.38. The molecule has 0 unspecified atom stereocenters. The van der Waals surface area contributed by atoms with Crippen molar-refractivity contribution in [1.29, 1.82) is 0 Å². The van der Waals surface area contributed by atoms with Crippen molar-refractivity contribution >= 4 is 52.4 Å². The van der Waals surface area contributed by atoms with Gasteiger partial charge >= 0.3 is 5.97 Å². The highest BCUT2D eigenvalue weighted by atomic mass is 35.5. The third kappa shape index (κ3) is 2.82. The summed E-state index contributed by atoms with van der Waals surface area (Å²) < 4.78 is 0. The van der Waals surface area contributed by atoms with Crippen LogP contribution in [-0.2, 0) is 0 Å². The SMILES string of the molecule is O=C(O)c1ccc(-c2ccc(Cl)c(Cl)c2Cl)cc1Cl. The average Bonchev–Trinajstić information content (AvgIpc) is 2.35. The van der Waals surface area contributed by atoms with Crippen LogP contribution in [0.2, 0.25) is 20.1 Å². The summed E-state index contributed by atoms with van der Waals surface area (Å²) in [5.74, 6) is -1.09. The maximum atomic E-state index is 10.9. The molecule has 0 saturated heterocycles. The zero-order valence-corrected chi connectivity index (χ0v) is 12.3. The summed E-state index contributed by atoms with van der Waals surface area (Å²) in [5.41, 5.74) is 1.33. The lowest BCUT2D eigenvalue weighted by atomic mass is 10.0. The van der Waals surface area contributed by atoms with Crippen molar-refractivity contribution in [1.82, 2.24) is 0 Å². The zero-order valence-electron chi connectivity index (χ0n) is 9.25. The molecule has 1 N–H and O–H groups in total. The van der Waals surface area contributed by atoms with Gasteiger partial charge in [-0.1, -0.05) is 58.5 Å². The highest BCUT2D eigenvalue weighted by Gasteiger charge is 2.13. The Hall–Kier alpha value is -0.930. The molecule has 2 nitrogen and oxygen atoms in total. The molecule has 0 heterocycles. The molecule has 0 radical (unpaired) electrons. The predicted molar refractivity (Wildman–Crippen MR) is 78.9 cm³/mol. The predicted octanol–water partition coefficient (Wildman–Crippen LogP) is 5.67. The van der Waals surface area contributed by atoms with E-state index < -0.39 is 5.97 Å². The van der Waals surface area contributed by atoms with Crippen LogP contribution in [0.1, 0.15) is 10.4 Å². The van der Waals surface area contributed by atoms with Crippen molar-refractivity contribution in [2.45, 2.75) is 0 Å². The number of carboxylic acids is 1. The van der Waals surface area contributed by atoms with Crippen LogP contribution in [0.5, 0.6) is 0 Å². The fourth-order valence-electron chi connectivity index (χ4n) is 1.60. The second kappa shape index (κ2) is 5.59. The van der Waals surface area contributed by atoms with Crippen LogP contribution in [0.4, 0.5) is 0 Å².